The molecule has 0 unspecified atom stereocenters. The second-order valence-electron chi connectivity index (χ2n) is 11.0. The summed E-state index contributed by atoms with van der Waals surface area (Å²) in [5.41, 5.74) is 4.18. The quantitative estimate of drug-likeness (QED) is 0.668. The third-order valence-corrected chi connectivity index (χ3v) is 8.46. The second kappa shape index (κ2) is 11.4. The Kier molecular flexibility index (Phi) is 8.06. The Hall–Kier alpha value is -2.25. The van der Waals surface area contributed by atoms with Crippen molar-refractivity contribution in [1.82, 2.24) is 14.7 Å². The lowest BCUT2D eigenvalue weighted by Crippen LogP contribution is -2.67. The van der Waals surface area contributed by atoms with Gasteiger partial charge in [0, 0.05) is 64.0 Å². The Bertz CT molecular complexity index is 1020. The number of rotatable bonds is 6. The number of benzene rings is 2. The molecule has 2 aromatic rings. The highest BCUT2D eigenvalue weighted by atomic mass is 16.5. The molecule has 6 heteroatoms. The number of hydrogen-bond acceptors (Lipinski definition) is 5. The van der Waals surface area contributed by atoms with Gasteiger partial charge in [0.1, 0.15) is 0 Å². The smallest absolute Gasteiger partial charge is 0.253 e. The first kappa shape index (κ1) is 25.4. The van der Waals surface area contributed by atoms with Gasteiger partial charge < -0.3 is 19.6 Å². The minimum atomic E-state index is 0.0170. The molecule has 5 rings (SSSR count). The van der Waals surface area contributed by atoms with E-state index >= 15 is 0 Å². The van der Waals surface area contributed by atoms with E-state index in [1.807, 2.05) is 18.2 Å². The predicted octanol–water partition coefficient (Wildman–Crippen LogP) is 3.71. The SMILES string of the molecule is CN(C)C(=O)c1cccc(-c2ccc([C@@H]3[C@H](CO)N4CCCCN(CC5CCOCC5)C[C@@H]34)cc2)c1. The summed E-state index contributed by atoms with van der Waals surface area (Å²) < 4.78 is 5.58. The monoisotopic (exact) mass is 491 g/mol. The lowest BCUT2D eigenvalue weighted by molar-refractivity contribution is -0.0677. The van der Waals surface area contributed by atoms with Gasteiger partial charge in [0.2, 0.25) is 0 Å². The lowest BCUT2D eigenvalue weighted by Gasteiger charge is -2.57. The average molecular weight is 492 g/mol. The molecule has 0 aromatic heterocycles. The van der Waals surface area contributed by atoms with E-state index in [-0.39, 0.29) is 18.6 Å². The number of ether oxygens (including phenoxy) is 1. The van der Waals surface area contributed by atoms with Crippen LogP contribution in [0.15, 0.2) is 48.5 Å². The first-order chi connectivity index (χ1) is 17.5. The predicted molar refractivity (Wildman–Crippen MR) is 143 cm³/mol. The molecule has 0 bridgehead atoms. The van der Waals surface area contributed by atoms with Crippen LogP contribution in [0.25, 0.3) is 11.1 Å². The Morgan fingerprint density at radius 2 is 1.78 bits per heavy atom. The molecule has 0 radical (unpaired) electrons. The Morgan fingerprint density at radius 1 is 1.03 bits per heavy atom. The fraction of sp³-hybridized carbons (Fsp3) is 0.567. The molecule has 3 aliphatic heterocycles. The molecular weight excluding hydrogens is 450 g/mol. The van der Waals surface area contributed by atoms with Crippen LogP contribution in [-0.4, -0.2) is 97.9 Å². The topological polar surface area (TPSA) is 56.3 Å². The van der Waals surface area contributed by atoms with Gasteiger partial charge in [0.15, 0.2) is 0 Å². The zero-order valence-electron chi connectivity index (χ0n) is 21.8. The molecule has 3 saturated heterocycles. The van der Waals surface area contributed by atoms with Gasteiger partial charge in [0.05, 0.1) is 6.61 Å². The van der Waals surface area contributed by atoms with E-state index < -0.39 is 0 Å². The van der Waals surface area contributed by atoms with Crippen LogP contribution in [0.3, 0.4) is 0 Å². The number of carbonyl (C=O) groups is 1. The fourth-order valence-corrected chi connectivity index (χ4v) is 6.46. The van der Waals surface area contributed by atoms with Gasteiger partial charge in [-0.2, -0.15) is 0 Å². The summed E-state index contributed by atoms with van der Waals surface area (Å²) in [6.07, 6.45) is 4.79. The summed E-state index contributed by atoms with van der Waals surface area (Å²) in [6, 6.07) is 17.3. The Balaban J connectivity index is 1.32. The maximum Gasteiger partial charge on any atom is 0.253 e. The first-order valence-corrected chi connectivity index (χ1v) is 13.6. The van der Waals surface area contributed by atoms with Gasteiger partial charge in [-0.1, -0.05) is 36.4 Å². The van der Waals surface area contributed by atoms with Crippen molar-refractivity contribution in [3.8, 4) is 11.1 Å². The van der Waals surface area contributed by atoms with E-state index in [1.54, 1.807) is 19.0 Å². The van der Waals surface area contributed by atoms with E-state index in [0.717, 1.165) is 43.3 Å². The van der Waals surface area contributed by atoms with Crippen molar-refractivity contribution < 1.29 is 14.6 Å². The van der Waals surface area contributed by atoms with Crippen molar-refractivity contribution in [3.63, 3.8) is 0 Å². The first-order valence-electron chi connectivity index (χ1n) is 13.6. The summed E-state index contributed by atoms with van der Waals surface area (Å²) in [5.74, 6) is 1.11. The zero-order chi connectivity index (χ0) is 25.1. The fourth-order valence-electron chi connectivity index (χ4n) is 6.46. The standard InChI is InChI=1S/C30H41N3O3/c1-31(2)30(35)26-7-5-6-25(18-26)23-8-10-24(11-9-23)29-27-20-32(19-22-12-16-36-17-13-22)14-3-4-15-33(27)28(29)21-34/h5-11,18,22,27-29,34H,3-4,12-17,19-21H2,1-2H3/t27-,28-,29-/m0/s1. The molecule has 1 amide bonds. The minimum Gasteiger partial charge on any atom is -0.395 e. The summed E-state index contributed by atoms with van der Waals surface area (Å²) in [5, 5.41) is 10.3. The lowest BCUT2D eigenvalue weighted by atomic mass is 9.74. The van der Waals surface area contributed by atoms with E-state index in [0.29, 0.717) is 17.5 Å². The number of aliphatic hydroxyl groups excluding tert-OH is 1. The van der Waals surface area contributed by atoms with Crippen LogP contribution in [0.5, 0.6) is 0 Å². The zero-order valence-corrected chi connectivity index (χ0v) is 21.8. The van der Waals surface area contributed by atoms with Gasteiger partial charge in [-0.05, 0) is 73.5 Å². The highest BCUT2D eigenvalue weighted by molar-refractivity contribution is 5.95. The summed E-state index contributed by atoms with van der Waals surface area (Å²) in [4.78, 5) is 19.3. The highest BCUT2D eigenvalue weighted by Crippen LogP contribution is 2.42. The van der Waals surface area contributed by atoms with Crippen LogP contribution in [0.4, 0.5) is 0 Å². The number of carbonyl (C=O) groups excluding carboxylic acids is 1. The van der Waals surface area contributed by atoms with Gasteiger partial charge in [0.25, 0.3) is 5.91 Å². The average Bonchev–Trinajstić information content (AvgIpc) is 2.89. The van der Waals surface area contributed by atoms with E-state index in [4.69, 9.17) is 4.74 Å². The number of hydrogen-bond donors (Lipinski definition) is 1. The maximum atomic E-state index is 12.4. The van der Waals surface area contributed by atoms with Crippen molar-refractivity contribution in [1.29, 1.82) is 0 Å². The number of fused-ring (bicyclic) bond motifs is 1. The molecule has 1 N–H and O–H groups in total. The second-order valence-corrected chi connectivity index (χ2v) is 11.0. The number of nitrogens with zero attached hydrogens (tertiary/aromatic N) is 3. The largest absolute Gasteiger partial charge is 0.395 e. The molecule has 0 aliphatic carbocycles. The Morgan fingerprint density at radius 3 is 2.50 bits per heavy atom. The molecule has 0 spiro atoms. The van der Waals surface area contributed by atoms with Gasteiger partial charge in [-0.25, -0.2) is 0 Å². The molecule has 3 atom stereocenters. The molecular formula is C30H41N3O3. The maximum absolute atomic E-state index is 12.4. The van der Waals surface area contributed by atoms with Crippen LogP contribution in [0.1, 0.15) is 47.5 Å². The summed E-state index contributed by atoms with van der Waals surface area (Å²) in [6.45, 7) is 6.53. The number of aliphatic hydroxyl groups is 1. The highest BCUT2D eigenvalue weighted by Gasteiger charge is 2.49. The molecule has 6 nitrogen and oxygen atoms in total. The van der Waals surface area contributed by atoms with E-state index in [1.165, 1.54) is 44.3 Å². The molecule has 3 fully saturated rings. The van der Waals surface area contributed by atoms with Crippen LogP contribution in [-0.2, 0) is 4.74 Å². The van der Waals surface area contributed by atoms with Crippen LogP contribution in [0, 0.1) is 5.92 Å². The summed E-state index contributed by atoms with van der Waals surface area (Å²) in [7, 11) is 3.56. The van der Waals surface area contributed by atoms with Crippen LogP contribution >= 0.6 is 0 Å². The third kappa shape index (κ3) is 5.37. The molecule has 36 heavy (non-hydrogen) atoms. The Labute approximate surface area is 215 Å². The van der Waals surface area contributed by atoms with Crippen molar-refractivity contribution >= 4 is 5.91 Å². The van der Waals surface area contributed by atoms with Crippen molar-refractivity contribution in [2.45, 2.75) is 43.7 Å². The van der Waals surface area contributed by atoms with Crippen LogP contribution < -0.4 is 0 Å². The molecule has 2 aromatic carbocycles. The van der Waals surface area contributed by atoms with E-state index in [2.05, 4.69) is 40.1 Å². The minimum absolute atomic E-state index is 0.0170. The van der Waals surface area contributed by atoms with E-state index in [9.17, 15) is 9.90 Å². The molecule has 3 aliphatic rings. The molecule has 3 heterocycles. The van der Waals surface area contributed by atoms with Crippen molar-refractivity contribution in [2.75, 3.05) is 60.1 Å². The third-order valence-electron chi connectivity index (χ3n) is 8.46. The van der Waals surface area contributed by atoms with Gasteiger partial charge >= 0.3 is 0 Å². The van der Waals surface area contributed by atoms with Crippen molar-refractivity contribution in [3.05, 3.63) is 59.7 Å². The molecule has 0 saturated carbocycles. The summed E-state index contributed by atoms with van der Waals surface area (Å²) >= 11 is 0. The van der Waals surface area contributed by atoms with Crippen LogP contribution in [0.2, 0.25) is 0 Å². The van der Waals surface area contributed by atoms with Crippen molar-refractivity contribution in [2.24, 2.45) is 5.92 Å². The number of amides is 1. The normalized spacial score (nSPS) is 25.9. The van der Waals surface area contributed by atoms with Gasteiger partial charge in [-0.15, -0.1) is 0 Å². The molecule has 194 valence electrons. The van der Waals surface area contributed by atoms with Gasteiger partial charge in [-0.3, -0.25) is 9.69 Å².